The molecule has 3 nitrogen and oxygen atoms in total. The topological polar surface area (TPSA) is 23.0 Å². The summed E-state index contributed by atoms with van der Waals surface area (Å²) in [6.45, 7) is 0. The maximum atomic E-state index is 6.94. The van der Waals surface area contributed by atoms with E-state index in [1.54, 1.807) is 0 Å². The minimum atomic E-state index is 0.914. The number of aromatic nitrogens is 2. The lowest BCUT2D eigenvalue weighted by Crippen LogP contribution is -1.94. The third kappa shape index (κ3) is 2.71. The Hall–Kier alpha value is -5.28. The zero-order chi connectivity index (χ0) is 25.5. The van der Waals surface area contributed by atoms with Crippen LogP contribution in [0.5, 0.6) is 0 Å². The summed E-state index contributed by atoms with van der Waals surface area (Å²) in [6.07, 6.45) is 0. The van der Waals surface area contributed by atoms with Gasteiger partial charge in [-0.25, -0.2) is 0 Å². The van der Waals surface area contributed by atoms with Crippen LogP contribution in [0.1, 0.15) is 0 Å². The van der Waals surface area contributed by atoms with Gasteiger partial charge in [0.1, 0.15) is 5.52 Å². The summed E-state index contributed by atoms with van der Waals surface area (Å²) >= 11 is 0. The molecular formula is C36H22N2O. The monoisotopic (exact) mass is 498 g/mol. The van der Waals surface area contributed by atoms with Crippen LogP contribution < -0.4 is 0 Å². The van der Waals surface area contributed by atoms with Gasteiger partial charge in [-0.1, -0.05) is 84.9 Å². The van der Waals surface area contributed by atoms with Gasteiger partial charge in [0, 0.05) is 32.9 Å². The van der Waals surface area contributed by atoms with Crippen molar-refractivity contribution < 1.29 is 4.42 Å². The fourth-order valence-corrected chi connectivity index (χ4v) is 6.48. The average Bonchev–Trinajstić information content (AvgIpc) is 3.65. The highest BCUT2D eigenvalue weighted by molar-refractivity contribution is 6.28. The van der Waals surface area contributed by atoms with E-state index in [0.29, 0.717) is 0 Å². The number of hydrogen-bond donors (Lipinski definition) is 0. The summed E-state index contributed by atoms with van der Waals surface area (Å²) in [5.41, 5.74) is 8.62. The van der Waals surface area contributed by atoms with Gasteiger partial charge in [0.25, 0.3) is 0 Å². The maximum Gasteiger partial charge on any atom is 0.161 e. The molecule has 0 fully saturated rings. The van der Waals surface area contributed by atoms with Crippen molar-refractivity contribution in [3.05, 3.63) is 133 Å². The van der Waals surface area contributed by atoms with Gasteiger partial charge >= 0.3 is 0 Å². The van der Waals surface area contributed by atoms with Crippen LogP contribution in [0.4, 0.5) is 0 Å². The molecule has 9 aromatic rings. The summed E-state index contributed by atoms with van der Waals surface area (Å²) in [7, 11) is 0. The molecule has 9 rings (SSSR count). The summed E-state index contributed by atoms with van der Waals surface area (Å²) in [5.74, 6) is 0. The molecule has 0 aliphatic carbocycles. The molecule has 0 unspecified atom stereocenters. The highest BCUT2D eigenvalue weighted by Crippen LogP contribution is 2.45. The first-order valence-electron chi connectivity index (χ1n) is 13.3. The SMILES string of the molecule is c1ccc(-n2c3ccccc3c3oc4c(ccc5c6c7ccccc7ccc6n(-c6ccccc6)c54)c32)cc1. The number of nitrogens with zero attached hydrogens (tertiary/aromatic N) is 2. The molecule has 0 atom stereocenters. The second-order valence-corrected chi connectivity index (χ2v) is 10.2. The molecular weight excluding hydrogens is 476 g/mol. The van der Waals surface area contributed by atoms with Crippen LogP contribution in [0.25, 0.3) is 76.9 Å². The Kier molecular flexibility index (Phi) is 4.05. The smallest absolute Gasteiger partial charge is 0.161 e. The van der Waals surface area contributed by atoms with Crippen molar-refractivity contribution in [2.75, 3.05) is 0 Å². The largest absolute Gasteiger partial charge is 0.451 e. The number of fused-ring (bicyclic) bond motifs is 11. The number of hydrogen-bond acceptors (Lipinski definition) is 1. The average molecular weight is 499 g/mol. The third-order valence-corrected chi connectivity index (χ3v) is 8.09. The molecule has 39 heavy (non-hydrogen) atoms. The van der Waals surface area contributed by atoms with Crippen LogP contribution in [-0.4, -0.2) is 9.13 Å². The Morgan fingerprint density at radius 2 is 0.949 bits per heavy atom. The Morgan fingerprint density at radius 3 is 1.72 bits per heavy atom. The van der Waals surface area contributed by atoms with Gasteiger partial charge in [0.2, 0.25) is 0 Å². The summed E-state index contributed by atoms with van der Waals surface area (Å²) in [6, 6.07) is 47.4. The van der Waals surface area contributed by atoms with E-state index in [1.165, 1.54) is 27.1 Å². The van der Waals surface area contributed by atoms with E-state index in [1.807, 2.05) is 0 Å². The first-order valence-corrected chi connectivity index (χ1v) is 13.3. The van der Waals surface area contributed by atoms with Crippen molar-refractivity contribution in [2.24, 2.45) is 0 Å². The lowest BCUT2D eigenvalue weighted by Gasteiger charge is -2.09. The predicted molar refractivity (Wildman–Crippen MR) is 162 cm³/mol. The minimum absolute atomic E-state index is 0.914. The number of rotatable bonds is 2. The van der Waals surface area contributed by atoms with Crippen LogP contribution in [0.2, 0.25) is 0 Å². The highest BCUT2D eigenvalue weighted by atomic mass is 16.3. The second kappa shape index (κ2) is 7.62. The first kappa shape index (κ1) is 20.7. The minimum Gasteiger partial charge on any atom is -0.451 e. The third-order valence-electron chi connectivity index (χ3n) is 8.09. The zero-order valence-electron chi connectivity index (χ0n) is 21.0. The van der Waals surface area contributed by atoms with Crippen molar-refractivity contribution in [1.82, 2.24) is 9.13 Å². The van der Waals surface area contributed by atoms with Gasteiger partial charge in [0.15, 0.2) is 11.2 Å². The number of benzene rings is 6. The number of para-hydroxylation sites is 3. The first-order chi connectivity index (χ1) is 19.4. The number of furan rings is 1. The van der Waals surface area contributed by atoms with Gasteiger partial charge in [-0.05, 0) is 59.3 Å². The van der Waals surface area contributed by atoms with Crippen LogP contribution in [0.3, 0.4) is 0 Å². The fourth-order valence-electron chi connectivity index (χ4n) is 6.48. The summed E-state index contributed by atoms with van der Waals surface area (Å²) in [4.78, 5) is 0. The molecule has 0 aliphatic heterocycles. The van der Waals surface area contributed by atoms with Gasteiger partial charge in [-0.15, -0.1) is 0 Å². The molecule has 0 bridgehead atoms. The lowest BCUT2D eigenvalue weighted by molar-refractivity contribution is 0.675. The van der Waals surface area contributed by atoms with E-state index in [2.05, 4.69) is 143 Å². The molecule has 0 saturated carbocycles. The van der Waals surface area contributed by atoms with E-state index in [-0.39, 0.29) is 0 Å². The van der Waals surface area contributed by atoms with Gasteiger partial charge in [0.05, 0.1) is 16.6 Å². The van der Waals surface area contributed by atoms with Crippen molar-refractivity contribution in [2.45, 2.75) is 0 Å². The lowest BCUT2D eigenvalue weighted by atomic mass is 10.0. The van der Waals surface area contributed by atoms with Crippen molar-refractivity contribution in [1.29, 1.82) is 0 Å². The maximum absolute atomic E-state index is 6.94. The van der Waals surface area contributed by atoms with E-state index in [0.717, 1.165) is 49.9 Å². The van der Waals surface area contributed by atoms with Crippen LogP contribution in [-0.2, 0) is 0 Å². The Bertz CT molecular complexity index is 2370. The molecule has 0 radical (unpaired) electrons. The molecule has 0 spiro atoms. The predicted octanol–water partition coefficient (Wildman–Crippen LogP) is 9.78. The van der Waals surface area contributed by atoms with E-state index < -0.39 is 0 Å². The standard InChI is InChI=1S/C36H22N2O/c1-3-12-24(13-4-1)37-30-18-10-9-17-27(30)35-34(37)29-21-20-28-32-26-16-8-7-11-23(26)19-22-31(32)38(33(28)36(29)39-35)25-14-5-2-6-15-25/h1-22H. The molecule has 0 amide bonds. The molecule has 0 saturated heterocycles. The van der Waals surface area contributed by atoms with Crippen LogP contribution in [0, 0.1) is 0 Å². The van der Waals surface area contributed by atoms with E-state index in [9.17, 15) is 0 Å². The zero-order valence-corrected chi connectivity index (χ0v) is 21.0. The summed E-state index contributed by atoms with van der Waals surface area (Å²) in [5, 5.41) is 7.18. The normalized spacial score (nSPS) is 12.1. The molecule has 0 aliphatic rings. The van der Waals surface area contributed by atoms with Crippen molar-refractivity contribution in [3.8, 4) is 11.4 Å². The van der Waals surface area contributed by atoms with Gasteiger partial charge in [-0.2, -0.15) is 0 Å². The van der Waals surface area contributed by atoms with E-state index >= 15 is 0 Å². The highest BCUT2D eigenvalue weighted by Gasteiger charge is 2.24. The Labute approximate surface area is 223 Å². The summed E-state index contributed by atoms with van der Waals surface area (Å²) < 4.78 is 11.7. The molecule has 3 heteroatoms. The van der Waals surface area contributed by atoms with E-state index in [4.69, 9.17) is 4.42 Å². The quantitative estimate of drug-likeness (QED) is 0.233. The molecule has 6 aromatic carbocycles. The van der Waals surface area contributed by atoms with Crippen molar-refractivity contribution >= 4 is 65.6 Å². The van der Waals surface area contributed by atoms with Gasteiger partial charge < -0.3 is 13.6 Å². The van der Waals surface area contributed by atoms with Crippen LogP contribution in [0.15, 0.2) is 138 Å². The van der Waals surface area contributed by atoms with Crippen molar-refractivity contribution in [3.63, 3.8) is 0 Å². The molecule has 3 heterocycles. The van der Waals surface area contributed by atoms with Crippen LogP contribution >= 0.6 is 0 Å². The van der Waals surface area contributed by atoms with Gasteiger partial charge in [-0.3, -0.25) is 0 Å². The molecule has 3 aromatic heterocycles. The second-order valence-electron chi connectivity index (χ2n) is 10.2. The fraction of sp³-hybridized carbons (Fsp3) is 0. The molecule has 182 valence electrons. The Balaban J connectivity index is 1.54. The Morgan fingerprint density at radius 1 is 0.385 bits per heavy atom. The molecule has 0 N–H and O–H groups in total.